The summed E-state index contributed by atoms with van der Waals surface area (Å²) >= 11 is 0. The Morgan fingerprint density at radius 1 is 1.36 bits per heavy atom. The molecular formula is C16H22BN3O5. The minimum atomic E-state index is -1.29. The van der Waals surface area contributed by atoms with E-state index in [1.165, 1.54) is 6.07 Å². The third-order valence-electron chi connectivity index (χ3n) is 4.70. The Morgan fingerprint density at radius 3 is 2.76 bits per heavy atom. The first-order chi connectivity index (χ1) is 11.9. The number of aromatic carboxylic acids is 1. The summed E-state index contributed by atoms with van der Waals surface area (Å²) in [5, 5.41) is 22.1. The van der Waals surface area contributed by atoms with Crippen LogP contribution in [0, 0.1) is 0 Å². The lowest BCUT2D eigenvalue weighted by Crippen LogP contribution is -2.55. The van der Waals surface area contributed by atoms with Crippen LogP contribution in [-0.4, -0.2) is 65.6 Å². The van der Waals surface area contributed by atoms with Crippen LogP contribution in [0.3, 0.4) is 0 Å². The van der Waals surface area contributed by atoms with Crippen LogP contribution in [-0.2, 0) is 11.2 Å². The molecule has 9 heteroatoms. The van der Waals surface area contributed by atoms with Gasteiger partial charge in [-0.1, -0.05) is 12.1 Å². The summed E-state index contributed by atoms with van der Waals surface area (Å²) in [5.41, 5.74) is 6.51. The number of nitrogens with two attached hydrogens (primary N) is 1. The second-order valence-electron chi connectivity index (χ2n) is 6.60. The number of carboxylic acids is 1. The van der Waals surface area contributed by atoms with Gasteiger partial charge in [0.25, 0.3) is 0 Å². The van der Waals surface area contributed by atoms with Gasteiger partial charge in [-0.3, -0.25) is 9.69 Å². The standard InChI is InChI=1S/C16H22BN3O5/c18-11-4-6-20(7-5-11)9-14(21)19-13-8-10-2-1-3-12(16(22)23)15(10)25-17(13)24/h1-3,11,13,24H,4-9,18H2,(H,19,21)(H,22,23). The summed E-state index contributed by atoms with van der Waals surface area (Å²) in [7, 11) is -1.29. The quantitative estimate of drug-likeness (QED) is 0.528. The van der Waals surface area contributed by atoms with Gasteiger partial charge in [0.05, 0.1) is 18.0 Å². The Bertz CT molecular complexity index is 663. The predicted molar refractivity (Wildman–Crippen MR) is 91.3 cm³/mol. The summed E-state index contributed by atoms with van der Waals surface area (Å²) < 4.78 is 5.37. The minimum absolute atomic E-state index is 0.00554. The number of para-hydroxylation sites is 1. The molecule has 3 rings (SSSR count). The van der Waals surface area contributed by atoms with Gasteiger partial charge in [-0.15, -0.1) is 0 Å². The summed E-state index contributed by atoms with van der Waals surface area (Å²) in [5.74, 6) is -1.76. The zero-order chi connectivity index (χ0) is 18.0. The average Bonchev–Trinajstić information content (AvgIpc) is 2.57. The van der Waals surface area contributed by atoms with E-state index in [-0.39, 0.29) is 29.8 Å². The van der Waals surface area contributed by atoms with Crippen LogP contribution >= 0.6 is 0 Å². The van der Waals surface area contributed by atoms with E-state index in [1.54, 1.807) is 12.1 Å². The maximum Gasteiger partial charge on any atom is 0.547 e. The largest absolute Gasteiger partial charge is 0.547 e. The summed E-state index contributed by atoms with van der Waals surface area (Å²) in [6.07, 6.45) is 2.05. The fourth-order valence-electron chi connectivity index (χ4n) is 3.28. The number of carbonyl (C=O) groups is 2. The number of hydrogen-bond acceptors (Lipinski definition) is 6. The number of rotatable bonds is 4. The van der Waals surface area contributed by atoms with E-state index in [9.17, 15) is 19.7 Å². The fraction of sp³-hybridized carbons (Fsp3) is 0.500. The van der Waals surface area contributed by atoms with Crippen molar-refractivity contribution < 1.29 is 24.4 Å². The number of nitrogens with zero attached hydrogens (tertiary/aromatic N) is 1. The zero-order valence-electron chi connectivity index (χ0n) is 13.9. The third-order valence-corrected chi connectivity index (χ3v) is 4.70. The van der Waals surface area contributed by atoms with E-state index >= 15 is 0 Å². The maximum atomic E-state index is 12.2. The van der Waals surface area contributed by atoms with Gasteiger partial charge < -0.3 is 25.8 Å². The first-order valence-electron chi connectivity index (χ1n) is 8.41. The molecule has 1 aromatic rings. The third kappa shape index (κ3) is 4.12. The van der Waals surface area contributed by atoms with Crippen LogP contribution in [0.2, 0.25) is 0 Å². The molecule has 0 bridgehead atoms. The van der Waals surface area contributed by atoms with Crippen molar-refractivity contribution in [3.63, 3.8) is 0 Å². The van der Waals surface area contributed by atoms with Crippen LogP contribution in [0.25, 0.3) is 0 Å². The molecule has 2 heterocycles. The van der Waals surface area contributed by atoms with Gasteiger partial charge in [-0.25, -0.2) is 4.79 Å². The van der Waals surface area contributed by atoms with Crippen LogP contribution in [0.4, 0.5) is 0 Å². The van der Waals surface area contributed by atoms with Crippen molar-refractivity contribution >= 4 is 19.0 Å². The number of carboxylic acid groups (broad SMARTS) is 1. The van der Waals surface area contributed by atoms with Crippen molar-refractivity contribution in [1.82, 2.24) is 10.2 Å². The lowest BCUT2D eigenvalue weighted by Gasteiger charge is -2.31. The van der Waals surface area contributed by atoms with Crippen molar-refractivity contribution in [3.8, 4) is 5.75 Å². The molecule has 25 heavy (non-hydrogen) atoms. The molecule has 1 atom stereocenters. The molecule has 1 amide bonds. The first-order valence-corrected chi connectivity index (χ1v) is 8.41. The number of hydrogen-bond donors (Lipinski definition) is 4. The van der Waals surface area contributed by atoms with Crippen LogP contribution < -0.4 is 15.7 Å². The summed E-state index contributed by atoms with van der Waals surface area (Å²) in [6, 6.07) is 4.99. The molecule has 8 nitrogen and oxygen atoms in total. The second kappa shape index (κ2) is 7.43. The van der Waals surface area contributed by atoms with E-state index < -0.39 is 19.0 Å². The number of benzene rings is 1. The topological polar surface area (TPSA) is 125 Å². The predicted octanol–water partition coefficient (Wildman–Crippen LogP) is -0.753. The van der Waals surface area contributed by atoms with Gasteiger partial charge in [0.1, 0.15) is 5.75 Å². The van der Waals surface area contributed by atoms with Gasteiger partial charge in [0.15, 0.2) is 0 Å². The van der Waals surface area contributed by atoms with E-state index in [0.29, 0.717) is 12.0 Å². The molecule has 1 unspecified atom stereocenters. The molecule has 2 aliphatic rings. The van der Waals surface area contributed by atoms with Crippen LogP contribution in [0.15, 0.2) is 18.2 Å². The maximum absolute atomic E-state index is 12.2. The molecule has 1 saturated heterocycles. The number of amides is 1. The highest BCUT2D eigenvalue weighted by molar-refractivity contribution is 6.47. The Hall–Kier alpha value is -2.10. The Morgan fingerprint density at radius 2 is 2.08 bits per heavy atom. The van der Waals surface area contributed by atoms with E-state index in [2.05, 4.69) is 5.32 Å². The van der Waals surface area contributed by atoms with Crippen LogP contribution in [0.1, 0.15) is 28.8 Å². The van der Waals surface area contributed by atoms with Gasteiger partial charge in [0.2, 0.25) is 5.91 Å². The SMILES string of the molecule is NC1CCN(CC(=O)NC2Cc3cccc(C(=O)O)c3OB2O)CC1. The molecule has 2 aliphatic heterocycles. The average molecular weight is 347 g/mol. The number of fused-ring (bicyclic) bond motifs is 1. The van der Waals surface area contributed by atoms with E-state index in [4.69, 9.17) is 10.4 Å². The number of likely N-dealkylation sites (tertiary alicyclic amines) is 1. The Labute approximate surface area is 146 Å². The minimum Gasteiger partial charge on any atom is -0.534 e. The molecule has 0 aliphatic carbocycles. The molecule has 0 aromatic heterocycles. The highest BCUT2D eigenvalue weighted by Crippen LogP contribution is 2.30. The zero-order valence-corrected chi connectivity index (χ0v) is 13.9. The molecule has 1 fully saturated rings. The highest BCUT2D eigenvalue weighted by Gasteiger charge is 2.37. The summed E-state index contributed by atoms with van der Waals surface area (Å²) in [4.78, 5) is 25.5. The molecule has 134 valence electrons. The molecule has 0 spiro atoms. The Balaban J connectivity index is 1.61. The second-order valence-corrected chi connectivity index (χ2v) is 6.60. The summed E-state index contributed by atoms with van der Waals surface area (Å²) in [6.45, 7) is 1.81. The monoisotopic (exact) mass is 347 g/mol. The highest BCUT2D eigenvalue weighted by atomic mass is 16.5. The number of carbonyl (C=O) groups excluding carboxylic acids is 1. The van der Waals surface area contributed by atoms with E-state index in [0.717, 1.165) is 25.9 Å². The first kappa shape index (κ1) is 17.7. The molecule has 0 radical (unpaired) electrons. The van der Waals surface area contributed by atoms with Gasteiger partial charge >= 0.3 is 13.1 Å². The smallest absolute Gasteiger partial charge is 0.534 e. The molecule has 0 saturated carbocycles. The van der Waals surface area contributed by atoms with Gasteiger partial charge in [0, 0.05) is 19.1 Å². The van der Waals surface area contributed by atoms with Crippen molar-refractivity contribution in [2.75, 3.05) is 19.6 Å². The van der Waals surface area contributed by atoms with Gasteiger partial charge in [-0.2, -0.15) is 0 Å². The van der Waals surface area contributed by atoms with Gasteiger partial charge in [-0.05, 0) is 30.9 Å². The Kier molecular flexibility index (Phi) is 5.26. The fourth-order valence-corrected chi connectivity index (χ4v) is 3.28. The van der Waals surface area contributed by atoms with Crippen molar-refractivity contribution in [1.29, 1.82) is 0 Å². The lowest BCUT2D eigenvalue weighted by atomic mass is 9.72. The van der Waals surface area contributed by atoms with Crippen molar-refractivity contribution in [2.24, 2.45) is 5.73 Å². The normalized spacial score (nSPS) is 21.4. The van der Waals surface area contributed by atoms with Crippen molar-refractivity contribution in [2.45, 2.75) is 31.2 Å². The molecular weight excluding hydrogens is 325 g/mol. The van der Waals surface area contributed by atoms with Crippen LogP contribution in [0.5, 0.6) is 5.75 Å². The number of nitrogens with one attached hydrogen (secondary N) is 1. The molecule has 1 aromatic carbocycles. The lowest BCUT2D eigenvalue weighted by molar-refractivity contribution is -0.122. The molecule has 5 N–H and O–H groups in total. The van der Waals surface area contributed by atoms with Crippen molar-refractivity contribution in [3.05, 3.63) is 29.3 Å². The number of piperidine rings is 1. The van der Waals surface area contributed by atoms with E-state index in [1.807, 2.05) is 4.90 Å².